The Bertz CT molecular complexity index is 1020. The molecule has 1 atom stereocenters. The molecule has 1 N–H and O–H groups in total. The second-order valence-electron chi connectivity index (χ2n) is 9.28. The largest absolute Gasteiger partial charge is 0.444 e. The Balaban J connectivity index is 1.39. The maximum atomic E-state index is 12.5. The van der Waals surface area contributed by atoms with Gasteiger partial charge in [0.25, 0.3) is 0 Å². The van der Waals surface area contributed by atoms with Crippen molar-refractivity contribution < 1.29 is 14.3 Å². The van der Waals surface area contributed by atoms with Crippen molar-refractivity contribution in [3.63, 3.8) is 0 Å². The summed E-state index contributed by atoms with van der Waals surface area (Å²) >= 11 is 0. The van der Waals surface area contributed by atoms with E-state index in [4.69, 9.17) is 9.84 Å². The number of amides is 2. The summed E-state index contributed by atoms with van der Waals surface area (Å²) in [6, 6.07) is 4.12. The van der Waals surface area contributed by atoms with Crippen molar-refractivity contribution in [2.45, 2.75) is 57.6 Å². The second-order valence-corrected chi connectivity index (χ2v) is 9.28. The van der Waals surface area contributed by atoms with Crippen LogP contribution in [-0.2, 0) is 27.9 Å². The van der Waals surface area contributed by atoms with Gasteiger partial charge in [0, 0.05) is 48.1 Å². The van der Waals surface area contributed by atoms with Gasteiger partial charge in [-0.3, -0.25) is 9.48 Å². The first-order chi connectivity index (χ1) is 13.7. The zero-order chi connectivity index (χ0) is 20.4. The predicted octanol–water partition coefficient (Wildman–Crippen LogP) is 2.72. The number of ether oxygens (including phenoxy) is 1. The van der Waals surface area contributed by atoms with E-state index >= 15 is 0 Å². The van der Waals surface area contributed by atoms with E-state index in [1.807, 2.05) is 31.7 Å². The minimum absolute atomic E-state index is 0.0240. The molecule has 0 aliphatic carbocycles. The second kappa shape index (κ2) is 6.05. The van der Waals surface area contributed by atoms with Gasteiger partial charge >= 0.3 is 6.09 Å². The van der Waals surface area contributed by atoms with Crippen LogP contribution in [0.5, 0.6) is 0 Å². The van der Waals surface area contributed by atoms with Gasteiger partial charge in [-0.2, -0.15) is 5.10 Å². The number of aryl methyl sites for hydroxylation is 1. The molecule has 1 saturated heterocycles. The molecule has 1 unspecified atom stereocenters. The van der Waals surface area contributed by atoms with E-state index in [2.05, 4.69) is 21.0 Å². The van der Waals surface area contributed by atoms with Gasteiger partial charge in [-0.15, -0.1) is 0 Å². The van der Waals surface area contributed by atoms with Crippen LogP contribution in [-0.4, -0.2) is 50.4 Å². The van der Waals surface area contributed by atoms with Crippen LogP contribution in [0.25, 0.3) is 11.3 Å². The number of nitrogens with zero attached hydrogens (tertiary/aromatic N) is 4. The SMILES string of the molecule is CC(C)(C)OC(=O)N1CCC2(CCn3nc(-c4cnc5c(c4)CC(=O)N5)cc32)C1. The molecule has 8 nitrogen and oxygen atoms in total. The summed E-state index contributed by atoms with van der Waals surface area (Å²) in [4.78, 5) is 30.3. The Hall–Kier alpha value is -2.90. The summed E-state index contributed by atoms with van der Waals surface area (Å²) in [5.41, 5.74) is 3.31. The van der Waals surface area contributed by atoms with Crippen LogP contribution in [0.3, 0.4) is 0 Å². The van der Waals surface area contributed by atoms with Crippen molar-refractivity contribution in [1.82, 2.24) is 19.7 Å². The minimum atomic E-state index is -0.492. The molecule has 8 heteroatoms. The lowest BCUT2D eigenvalue weighted by molar-refractivity contribution is -0.115. The van der Waals surface area contributed by atoms with Crippen LogP contribution in [0.1, 0.15) is 44.9 Å². The highest BCUT2D eigenvalue weighted by Crippen LogP contribution is 2.44. The van der Waals surface area contributed by atoms with E-state index in [-0.39, 0.29) is 17.4 Å². The summed E-state index contributed by atoms with van der Waals surface area (Å²) in [5.74, 6) is 0.620. The van der Waals surface area contributed by atoms with Crippen LogP contribution >= 0.6 is 0 Å². The molecule has 3 aliphatic heterocycles. The molecule has 5 rings (SSSR count). The number of fused-ring (bicyclic) bond motifs is 3. The maximum absolute atomic E-state index is 12.5. The Morgan fingerprint density at radius 2 is 2.03 bits per heavy atom. The molecule has 0 bridgehead atoms. The molecular weight excluding hydrogens is 370 g/mol. The van der Waals surface area contributed by atoms with Gasteiger partial charge in [-0.1, -0.05) is 0 Å². The molecule has 29 heavy (non-hydrogen) atoms. The van der Waals surface area contributed by atoms with Gasteiger partial charge in [0.15, 0.2) is 0 Å². The number of aromatic nitrogens is 3. The highest BCUT2D eigenvalue weighted by molar-refractivity contribution is 5.98. The fraction of sp³-hybridized carbons (Fsp3) is 0.524. The summed E-state index contributed by atoms with van der Waals surface area (Å²) in [7, 11) is 0. The van der Waals surface area contributed by atoms with Crippen LogP contribution in [0, 0.1) is 0 Å². The topological polar surface area (TPSA) is 89.3 Å². The van der Waals surface area contributed by atoms with Crippen molar-refractivity contribution in [3.8, 4) is 11.3 Å². The smallest absolute Gasteiger partial charge is 0.410 e. The maximum Gasteiger partial charge on any atom is 0.410 e. The molecule has 3 aliphatic rings. The highest BCUT2D eigenvalue weighted by Gasteiger charge is 2.47. The first kappa shape index (κ1) is 18.1. The minimum Gasteiger partial charge on any atom is -0.444 e. The van der Waals surface area contributed by atoms with E-state index in [1.54, 1.807) is 6.20 Å². The predicted molar refractivity (Wildman–Crippen MR) is 107 cm³/mol. The van der Waals surface area contributed by atoms with E-state index in [1.165, 1.54) is 5.69 Å². The third-order valence-corrected chi connectivity index (χ3v) is 6.00. The number of hydrogen-bond donors (Lipinski definition) is 1. The summed E-state index contributed by atoms with van der Waals surface area (Å²) in [6.45, 7) is 7.87. The van der Waals surface area contributed by atoms with Crippen LogP contribution < -0.4 is 5.32 Å². The average Bonchev–Trinajstić information content (AvgIpc) is 3.38. The lowest BCUT2D eigenvalue weighted by Crippen LogP contribution is -2.37. The molecule has 0 radical (unpaired) electrons. The normalized spacial score (nSPS) is 22.7. The quantitative estimate of drug-likeness (QED) is 0.802. The van der Waals surface area contributed by atoms with Crippen molar-refractivity contribution in [3.05, 3.63) is 29.6 Å². The summed E-state index contributed by atoms with van der Waals surface area (Å²) in [6.07, 6.45) is 3.77. The highest BCUT2D eigenvalue weighted by atomic mass is 16.6. The molecular formula is C21H25N5O3. The van der Waals surface area contributed by atoms with Gasteiger partial charge in [-0.05, 0) is 45.7 Å². The first-order valence-electron chi connectivity index (χ1n) is 10.1. The fourth-order valence-electron chi connectivity index (χ4n) is 4.62. The Morgan fingerprint density at radius 1 is 1.24 bits per heavy atom. The first-order valence-corrected chi connectivity index (χ1v) is 10.1. The third kappa shape index (κ3) is 3.07. The van der Waals surface area contributed by atoms with Crippen molar-refractivity contribution >= 4 is 17.8 Å². The standard InChI is InChI=1S/C21H25N5O3/c1-20(2,3)29-19(28)25-6-4-21(12-25)5-7-26-16(21)10-15(24-26)14-8-13-9-17(27)23-18(13)22-11-14/h8,10-11H,4-7,9,12H2,1-3H3,(H,22,23,27). The number of hydrogen-bond acceptors (Lipinski definition) is 5. The van der Waals surface area contributed by atoms with E-state index in [9.17, 15) is 9.59 Å². The average molecular weight is 395 g/mol. The number of likely N-dealkylation sites (tertiary alicyclic amines) is 1. The molecule has 1 fully saturated rings. The molecule has 152 valence electrons. The number of carbonyl (C=O) groups excluding carboxylic acids is 2. The van der Waals surface area contributed by atoms with Gasteiger partial charge in [0.2, 0.25) is 5.91 Å². The van der Waals surface area contributed by atoms with Crippen molar-refractivity contribution in [1.29, 1.82) is 0 Å². The monoisotopic (exact) mass is 395 g/mol. The number of rotatable bonds is 1. The molecule has 0 saturated carbocycles. The van der Waals surface area contributed by atoms with Crippen LogP contribution in [0.2, 0.25) is 0 Å². The number of anilines is 1. The zero-order valence-corrected chi connectivity index (χ0v) is 17.0. The zero-order valence-electron chi connectivity index (χ0n) is 17.0. The summed E-state index contributed by atoms with van der Waals surface area (Å²) < 4.78 is 7.62. The number of nitrogens with one attached hydrogen (secondary N) is 1. The van der Waals surface area contributed by atoms with E-state index in [0.29, 0.717) is 25.3 Å². The Kier molecular flexibility index (Phi) is 3.78. The molecule has 2 amide bonds. The van der Waals surface area contributed by atoms with Gasteiger partial charge in [0.05, 0.1) is 12.1 Å². The van der Waals surface area contributed by atoms with Gasteiger partial charge in [0.1, 0.15) is 11.4 Å². The number of pyridine rings is 1. The molecule has 2 aromatic heterocycles. The van der Waals surface area contributed by atoms with Gasteiger partial charge < -0.3 is 15.0 Å². The summed E-state index contributed by atoms with van der Waals surface area (Å²) in [5, 5.41) is 7.55. The molecule has 1 spiro atoms. The molecule has 2 aromatic rings. The third-order valence-electron chi connectivity index (χ3n) is 6.00. The van der Waals surface area contributed by atoms with Gasteiger partial charge in [-0.25, -0.2) is 9.78 Å². The van der Waals surface area contributed by atoms with Crippen molar-refractivity contribution in [2.75, 3.05) is 18.4 Å². The fourth-order valence-corrected chi connectivity index (χ4v) is 4.62. The van der Waals surface area contributed by atoms with E-state index in [0.717, 1.165) is 36.2 Å². The van der Waals surface area contributed by atoms with Crippen LogP contribution in [0.4, 0.5) is 10.6 Å². The lowest BCUT2D eigenvalue weighted by atomic mass is 9.82. The van der Waals surface area contributed by atoms with E-state index < -0.39 is 5.60 Å². The lowest BCUT2D eigenvalue weighted by Gasteiger charge is -2.26. The van der Waals surface area contributed by atoms with Crippen LogP contribution in [0.15, 0.2) is 18.3 Å². The molecule has 0 aromatic carbocycles. The number of carbonyl (C=O) groups is 2. The van der Waals surface area contributed by atoms with Crippen molar-refractivity contribution in [2.24, 2.45) is 0 Å². The Labute approximate surface area is 169 Å². The Morgan fingerprint density at radius 3 is 2.83 bits per heavy atom. The molecule has 5 heterocycles.